The SMILES string of the molecule is Cc1nn(Cc2ccc(C(=O)Nc3ccc(N4CCCC(C(N)=O)C4)nc3)cc2)c(C)c1[N+](=O)[O-]. The van der Waals surface area contributed by atoms with Gasteiger partial charge in [0, 0.05) is 18.7 Å². The van der Waals surface area contributed by atoms with E-state index in [4.69, 9.17) is 5.73 Å². The Morgan fingerprint density at radius 2 is 1.94 bits per heavy atom. The molecule has 2 amide bonds. The second-order valence-electron chi connectivity index (χ2n) is 8.68. The molecule has 1 atom stereocenters. The molecule has 0 spiro atoms. The van der Waals surface area contributed by atoms with E-state index in [1.165, 1.54) is 0 Å². The van der Waals surface area contributed by atoms with Crippen LogP contribution >= 0.6 is 0 Å². The van der Waals surface area contributed by atoms with Gasteiger partial charge in [0.2, 0.25) is 5.91 Å². The lowest BCUT2D eigenvalue weighted by Gasteiger charge is -2.32. The van der Waals surface area contributed by atoms with Crippen LogP contribution in [0, 0.1) is 29.9 Å². The summed E-state index contributed by atoms with van der Waals surface area (Å²) in [6, 6.07) is 10.6. The Kier molecular flexibility index (Phi) is 6.76. The molecular weight excluding hydrogens is 450 g/mol. The minimum atomic E-state index is -0.423. The highest BCUT2D eigenvalue weighted by Crippen LogP contribution is 2.24. The average molecular weight is 478 g/mol. The number of primary amides is 1. The lowest BCUT2D eigenvalue weighted by molar-refractivity contribution is -0.386. The molecule has 0 saturated carbocycles. The normalized spacial score (nSPS) is 15.6. The number of amides is 2. The number of nitrogens with zero attached hydrogens (tertiary/aromatic N) is 5. The van der Waals surface area contributed by atoms with Crippen molar-refractivity contribution in [1.29, 1.82) is 0 Å². The van der Waals surface area contributed by atoms with Crippen LogP contribution in [0.2, 0.25) is 0 Å². The van der Waals surface area contributed by atoms with Crippen molar-refractivity contribution < 1.29 is 14.5 Å². The summed E-state index contributed by atoms with van der Waals surface area (Å²) in [7, 11) is 0. The first-order valence-corrected chi connectivity index (χ1v) is 11.3. The van der Waals surface area contributed by atoms with Crippen molar-refractivity contribution in [3.63, 3.8) is 0 Å². The summed E-state index contributed by atoms with van der Waals surface area (Å²) in [4.78, 5) is 41.4. The van der Waals surface area contributed by atoms with Crippen LogP contribution in [0.1, 0.15) is 40.2 Å². The van der Waals surface area contributed by atoms with E-state index in [-0.39, 0.29) is 23.4 Å². The molecular formula is C24H27N7O4. The van der Waals surface area contributed by atoms with Crippen molar-refractivity contribution in [2.45, 2.75) is 33.2 Å². The molecule has 3 N–H and O–H groups in total. The summed E-state index contributed by atoms with van der Waals surface area (Å²) in [6.45, 7) is 4.99. The number of benzene rings is 1. The first-order chi connectivity index (χ1) is 16.7. The summed E-state index contributed by atoms with van der Waals surface area (Å²) in [5.41, 5.74) is 8.22. The number of aryl methyl sites for hydroxylation is 1. The third-order valence-corrected chi connectivity index (χ3v) is 6.23. The highest BCUT2D eigenvalue weighted by atomic mass is 16.6. The standard InChI is InChI=1S/C24H27N7O4/c1-15-22(31(34)35)16(2)30(28-15)13-17-5-7-18(8-6-17)24(33)27-20-9-10-21(26-12-20)29-11-3-4-19(14-29)23(25)32/h5-10,12,19H,3-4,11,13-14H2,1-2H3,(H2,25,32)(H,27,33). The van der Waals surface area contributed by atoms with Gasteiger partial charge in [-0.15, -0.1) is 0 Å². The summed E-state index contributed by atoms with van der Waals surface area (Å²) in [5, 5.41) is 18.3. The van der Waals surface area contributed by atoms with E-state index in [2.05, 4.69) is 15.4 Å². The van der Waals surface area contributed by atoms with Crippen LogP contribution in [0.15, 0.2) is 42.6 Å². The van der Waals surface area contributed by atoms with E-state index in [1.807, 2.05) is 11.0 Å². The number of pyridine rings is 1. The van der Waals surface area contributed by atoms with Crippen LogP contribution in [0.3, 0.4) is 0 Å². The van der Waals surface area contributed by atoms with Crippen LogP contribution in [-0.4, -0.2) is 44.6 Å². The van der Waals surface area contributed by atoms with E-state index >= 15 is 0 Å². The summed E-state index contributed by atoms with van der Waals surface area (Å²) in [6.07, 6.45) is 3.26. The molecule has 1 saturated heterocycles. The summed E-state index contributed by atoms with van der Waals surface area (Å²) >= 11 is 0. The highest BCUT2D eigenvalue weighted by Gasteiger charge is 2.25. The maximum atomic E-state index is 12.7. The molecule has 1 unspecified atom stereocenters. The second kappa shape index (κ2) is 9.92. The number of nitro groups is 1. The first-order valence-electron chi connectivity index (χ1n) is 11.3. The Morgan fingerprint density at radius 3 is 2.54 bits per heavy atom. The van der Waals surface area contributed by atoms with Crippen LogP contribution in [0.5, 0.6) is 0 Å². The fourth-order valence-electron chi connectivity index (χ4n) is 4.31. The highest BCUT2D eigenvalue weighted by molar-refractivity contribution is 6.04. The molecule has 0 radical (unpaired) electrons. The van der Waals surface area contributed by atoms with E-state index in [0.29, 0.717) is 35.7 Å². The zero-order valence-electron chi connectivity index (χ0n) is 19.6. The number of carbonyl (C=O) groups is 2. The molecule has 182 valence electrons. The Hall–Kier alpha value is -4.28. The number of hydrogen-bond donors (Lipinski definition) is 2. The molecule has 1 fully saturated rings. The average Bonchev–Trinajstić information content (AvgIpc) is 3.12. The lowest BCUT2D eigenvalue weighted by atomic mass is 9.97. The van der Waals surface area contributed by atoms with Crippen molar-refractivity contribution in [2.24, 2.45) is 11.7 Å². The Morgan fingerprint density at radius 1 is 1.20 bits per heavy atom. The minimum absolute atomic E-state index is 0.0219. The largest absolute Gasteiger partial charge is 0.369 e. The topological polar surface area (TPSA) is 149 Å². The molecule has 1 aliphatic rings. The third-order valence-electron chi connectivity index (χ3n) is 6.23. The quantitative estimate of drug-likeness (QED) is 0.392. The van der Waals surface area contributed by atoms with Crippen molar-refractivity contribution >= 4 is 29.0 Å². The summed E-state index contributed by atoms with van der Waals surface area (Å²) in [5.74, 6) is -0.00709. The van der Waals surface area contributed by atoms with E-state index in [1.54, 1.807) is 55.1 Å². The molecule has 11 heteroatoms. The van der Waals surface area contributed by atoms with Gasteiger partial charge in [-0.3, -0.25) is 24.4 Å². The minimum Gasteiger partial charge on any atom is -0.369 e. The third kappa shape index (κ3) is 5.29. The number of carbonyl (C=O) groups excluding carboxylic acids is 2. The van der Waals surface area contributed by atoms with E-state index in [9.17, 15) is 19.7 Å². The van der Waals surface area contributed by atoms with Gasteiger partial charge >= 0.3 is 5.69 Å². The molecule has 3 heterocycles. The zero-order valence-corrected chi connectivity index (χ0v) is 19.6. The number of piperidine rings is 1. The van der Waals surface area contributed by atoms with Gasteiger partial charge in [-0.2, -0.15) is 5.10 Å². The van der Waals surface area contributed by atoms with E-state index in [0.717, 1.165) is 30.8 Å². The van der Waals surface area contributed by atoms with Gasteiger partial charge in [0.05, 0.1) is 29.3 Å². The van der Waals surface area contributed by atoms with Crippen molar-refractivity contribution in [3.05, 3.63) is 75.2 Å². The number of rotatable bonds is 7. The van der Waals surface area contributed by atoms with Crippen LogP contribution in [-0.2, 0) is 11.3 Å². The van der Waals surface area contributed by atoms with Crippen molar-refractivity contribution in [2.75, 3.05) is 23.3 Å². The first kappa shape index (κ1) is 23.9. The van der Waals surface area contributed by atoms with Gasteiger partial charge in [-0.05, 0) is 56.5 Å². The Labute approximate surface area is 202 Å². The maximum absolute atomic E-state index is 12.7. The monoisotopic (exact) mass is 477 g/mol. The van der Waals surface area contributed by atoms with Gasteiger partial charge in [0.15, 0.2) is 0 Å². The predicted molar refractivity (Wildman–Crippen MR) is 130 cm³/mol. The molecule has 3 aromatic rings. The van der Waals surface area contributed by atoms with Crippen LogP contribution < -0.4 is 16.0 Å². The van der Waals surface area contributed by atoms with Gasteiger partial charge in [-0.25, -0.2) is 4.98 Å². The fraction of sp³-hybridized carbons (Fsp3) is 0.333. The van der Waals surface area contributed by atoms with Gasteiger partial charge in [0.25, 0.3) is 5.91 Å². The molecule has 0 bridgehead atoms. The zero-order chi connectivity index (χ0) is 25.1. The molecule has 1 aromatic carbocycles. The molecule has 35 heavy (non-hydrogen) atoms. The number of aromatic nitrogens is 3. The number of nitrogens with two attached hydrogens (primary N) is 1. The lowest BCUT2D eigenvalue weighted by Crippen LogP contribution is -2.41. The van der Waals surface area contributed by atoms with Gasteiger partial charge < -0.3 is 16.0 Å². The molecule has 1 aliphatic heterocycles. The van der Waals surface area contributed by atoms with Crippen LogP contribution in [0.4, 0.5) is 17.2 Å². The van der Waals surface area contributed by atoms with Gasteiger partial charge in [-0.1, -0.05) is 12.1 Å². The number of hydrogen-bond acceptors (Lipinski definition) is 7. The van der Waals surface area contributed by atoms with Gasteiger partial charge in [0.1, 0.15) is 17.2 Å². The maximum Gasteiger partial charge on any atom is 0.312 e. The Bertz CT molecular complexity index is 1250. The predicted octanol–water partition coefficient (Wildman–Crippen LogP) is 2.81. The van der Waals surface area contributed by atoms with Crippen molar-refractivity contribution in [1.82, 2.24) is 14.8 Å². The molecule has 4 rings (SSSR count). The molecule has 11 nitrogen and oxygen atoms in total. The summed E-state index contributed by atoms with van der Waals surface area (Å²) < 4.78 is 1.59. The molecule has 2 aromatic heterocycles. The van der Waals surface area contributed by atoms with Crippen LogP contribution in [0.25, 0.3) is 0 Å². The number of anilines is 2. The second-order valence-corrected chi connectivity index (χ2v) is 8.68. The fourth-order valence-corrected chi connectivity index (χ4v) is 4.31. The van der Waals surface area contributed by atoms with Crippen molar-refractivity contribution in [3.8, 4) is 0 Å². The Balaban J connectivity index is 1.38. The molecule has 0 aliphatic carbocycles. The number of nitrogens with one attached hydrogen (secondary N) is 1. The smallest absolute Gasteiger partial charge is 0.312 e. The van der Waals surface area contributed by atoms with E-state index < -0.39 is 4.92 Å².